The highest BCUT2D eigenvalue weighted by Crippen LogP contribution is 2.28. The monoisotopic (exact) mass is 384 g/mol. The Morgan fingerprint density at radius 3 is 2.39 bits per heavy atom. The van der Waals surface area contributed by atoms with Gasteiger partial charge < -0.3 is 29.9 Å². The lowest BCUT2D eigenvalue weighted by Gasteiger charge is -2.39. The minimum Gasteiger partial charge on any atom is -0.462 e. The van der Waals surface area contributed by atoms with Gasteiger partial charge in [0.25, 0.3) is 0 Å². The van der Waals surface area contributed by atoms with Crippen LogP contribution >= 0.6 is 15.9 Å². The highest BCUT2D eigenvalue weighted by Gasteiger charge is 2.44. The minimum atomic E-state index is -1.46. The van der Waals surface area contributed by atoms with Crippen molar-refractivity contribution in [2.24, 2.45) is 0 Å². The minimum absolute atomic E-state index is 0.448. The summed E-state index contributed by atoms with van der Waals surface area (Å²) in [4.78, 5) is 0. The van der Waals surface area contributed by atoms with Crippen molar-refractivity contribution in [2.75, 3.05) is 6.61 Å². The molecule has 5 atom stereocenters. The molecule has 1 aliphatic rings. The molecule has 1 heterocycles. The number of hydrogen-bond acceptors (Lipinski definition) is 6. The molecule has 7 heteroatoms. The third-order valence-electron chi connectivity index (χ3n) is 3.87. The standard InChI is InChI=1S/C16H17BrO6/c17-10-3-1-9-6-11(4-2-8(9)5-10)22-16-15(21)14(20)13(19)12(7-18)23-16/h1-6,12-16,18-21H,7H2/t12-,13-,14+,15+,16+/m1/s1. The number of fused-ring (bicyclic) bond motifs is 1. The van der Waals surface area contributed by atoms with Gasteiger partial charge in [-0.2, -0.15) is 0 Å². The summed E-state index contributed by atoms with van der Waals surface area (Å²) < 4.78 is 11.9. The van der Waals surface area contributed by atoms with Crippen LogP contribution in [0.4, 0.5) is 0 Å². The van der Waals surface area contributed by atoms with E-state index >= 15 is 0 Å². The molecule has 0 bridgehead atoms. The van der Waals surface area contributed by atoms with Gasteiger partial charge in [-0.15, -0.1) is 0 Å². The number of hydrogen-bond donors (Lipinski definition) is 4. The average Bonchev–Trinajstić information content (AvgIpc) is 2.55. The zero-order valence-electron chi connectivity index (χ0n) is 12.0. The first-order valence-electron chi connectivity index (χ1n) is 7.16. The SMILES string of the molecule is OC[C@H]1O[C@H](Oc2ccc3cc(Br)ccc3c2)[C@@H](O)[C@@H](O)[C@@H]1O. The maximum Gasteiger partial charge on any atom is 0.229 e. The molecule has 124 valence electrons. The molecular weight excluding hydrogens is 368 g/mol. The number of ether oxygens (including phenoxy) is 2. The van der Waals surface area contributed by atoms with Crippen LogP contribution in [0, 0.1) is 0 Å². The lowest BCUT2D eigenvalue weighted by atomic mass is 9.99. The Balaban J connectivity index is 1.81. The van der Waals surface area contributed by atoms with Gasteiger partial charge in [-0.3, -0.25) is 0 Å². The van der Waals surface area contributed by atoms with Gasteiger partial charge in [0, 0.05) is 4.47 Å². The van der Waals surface area contributed by atoms with E-state index in [-0.39, 0.29) is 0 Å². The van der Waals surface area contributed by atoms with Gasteiger partial charge in [-0.05, 0) is 35.0 Å². The van der Waals surface area contributed by atoms with Crippen LogP contribution in [0.25, 0.3) is 10.8 Å². The molecule has 6 nitrogen and oxygen atoms in total. The van der Waals surface area contributed by atoms with Crippen LogP contribution in [0.15, 0.2) is 40.9 Å². The van der Waals surface area contributed by atoms with Crippen LogP contribution in [0.5, 0.6) is 5.75 Å². The molecule has 1 saturated heterocycles. The zero-order chi connectivity index (χ0) is 16.6. The highest BCUT2D eigenvalue weighted by molar-refractivity contribution is 9.10. The first-order valence-corrected chi connectivity index (χ1v) is 7.95. The molecule has 0 aromatic heterocycles. The molecule has 0 spiro atoms. The maximum absolute atomic E-state index is 9.98. The Morgan fingerprint density at radius 1 is 0.957 bits per heavy atom. The predicted molar refractivity (Wildman–Crippen MR) is 86.0 cm³/mol. The summed E-state index contributed by atoms with van der Waals surface area (Å²) >= 11 is 3.41. The number of aliphatic hydroxyl groups is 4. The van der Waals surface area contributed by atoms with Crippen LogP contribution in [0.3, 0.4) is 0 Å². The van der Waals surface area contributed by atoms with Gasteiger partial charge in [-0.25, -0.2) is 0 Å². The van der Waals surface area contributed by atoms with Crippen molar-refractivity contribution in [1.82, 2.24) is 0 Å². The summed E-state index contributed by atoms with van der Waals surface area (Å²) in [6.45, 7) is -0.490. The zero-order valence-corrected chi connectivity index (χ0v) is 13.6. The molecule has 0 unspecified atom stereocenters. The molecule has 0 saturated carbocycles. The Morgan fingerprint density at radius 2 is 1.65 bits per heavy atom. The Bertz CT molecular complexity index is 691. The first kappa shape index (κ1) is 16.6. The van der Waals surface area contributed by atoms with Gasteiger partial charge in [0.2, 0.25) is 6.29 Å². The Hall–Kier alpha value is -1.22. The van der Waals surface area contributed by atoms with Gasteiger partial charge in [0.1, 0.15) is 30.2 Å². The molecule has 2 aromatic rings. The fourth-order valence-electron chi connectivity index (χ4n) is 2.57. The molecule has 23 heavy (non-hydrogen) atoms. The van der Waals surface area contributed by atoms with Gasteiger partial charge in [0.05, 0.1) is 6.61 Å². The molecule has 1 aliphatic heterocycles. The van der Waals surface area contributed by atoms with E-state index in [4.69, 9.17) is 9.47 Å². The number of benzene rings is 2. The second-order valence-corrected chi connectivity index (χ2v) is 6.38. The second kappa shape index (κ2) is 6.72. The molecule has 3 rings (SSSR count). The lowest BCUT2D eigenvalue weighted by Crippen LogP contribution is -2.60. The van der Waals surface area contributed by atoms with Crippen molar-refractivity contribution >= 4 is 26.7 Å². The number of rotatable bonds is 3. The van der Waals surface area contributed by atoms with E-state index in [1.165, 1.54) is 0 Å². The van der Waals surface area contributed by atoms with E-state index in [9.17, 15) is 20.4 Å². The van der Waals surface area contributed by atoms with E-state index in [1.54, 1.807) is 12.1 Å². The maximum atomic E-state index is 9.98. The third kappa shape index (κ3) is 3.35. The van der Waals surface area contributed by atoms with Crippen LogP contribution < -0.4 is 4.74 Å². The molecule has 4 N–H and O–H groups in total. The van der Waals surface area contributed by atoms with Crippen molar-refractivity contribution in [1.29, 1.82) is 0 Å². The molecule has 0 radical (unpaired) electrons. The summed E-state index contributed by atoms with van der Waals surface area (Å²) in [5.41, 5.74) is 0. The Kier molecular flexibility index (Phi) is 4.86. The van der Waals surface area contributed by atoms with Crippen molar-refractivity contribution in [3.8, 4) is 5.75 Å². The molecule has 0 amide bonds. The molecule has 2 aromatic carbocycles. The topological polar surface area (TPSA) is 99.4 Å². The first-order chi connectivity index (χ1) is 11.0. The fraction of sp³-hybridized carbons (Fsp3) is 0.375. The molecule has 0 aliphatic carbocycles. The van der Waals surface area contributed by atoms with Gasteiger partial charge in [-0.1, -0.05) is 28.1 Å². The predicted octanol–water partition coefficient (Wildman–Crippen LogP) is 0.781. The summed E-state index contributed by atoms with van der Waals surface area (Å²) in [5, 5.41) is 40.6. The summed E-state index contributed by atoms with van der Waals surface area (Å²) in [6.07, 6.45) is -6.45. The highest BCUT2D eigenvalue weighted by atomic mass is 79.9. The third-order valence-corrected chi connectivity index (χ3v) is 4.37. The van der Waals surface area contributed by atoms with E-state index in [0.29, 0.717) is 5.75 Å². The quantitative estimate of drug-likeness (QED) is 0.624. The van der Waals surface area contributed by atoms with E-state index in [0.717, 1.165) is 15.2 Å². The fourth-order valence-corrected chi connectivity index (χ4v) is 2.95. The molecule has 1 fully saturated rings. The summed E-state index contributed by atoms with van der Waals surface area (Å²) in [6, 6.07) is 11.1. The number of halogens is 1. The van der Waals surface area contributed by atoms with E-state index in [1.807, 2.05) is 24.3 Å². The summed E-state index contributed by atoms with van der Waals surface area (Å²) in [7, 11) is 0. The van der Waals surface area contributed by atoms with Crippen LogP contribution in [0.1, 0.15) is 0 Å². The summed E-state index contributed by atoms with van der Waals surface area (Å²) in [5.74, 6) is 0.448. The lowest BCUT2D eigenvalue weighted by molar-refractivity contribution is -0.277. The van der Waals surface area contributed by atoms with Crippen molar-refractivity contribution in [3.63, 3.8) is 0 Å². The van der Waals surface area contributed by atoms with Crippen molar-refractivity contribution in [2.45, 2.75) is 30.7 Å². The number of aliphatic hydroxyl groups excluding tert-OH is 4. The Labute approximate surface area is 141 Å². The average molecular weight is 385 g/mol. The largest absolute Gasteiger partial charge is 0.462 e. The smallest absolute Gasteiger partial charge is 0.229 e. The van der Waals surface area contributed by atoms with Crippen LogP contribution in [-0.4, -0.2) is 57.7 Å². The van der Waals surface area contributed by atoms with Crippen molar-refractivity contribution < 1.29 is 29.9 Å². The normalized spacial score (nSPS) is 31.3. The van der Waals surface area contributed by atoms with Gasteiger partial charge >= 0.3 is 0 Å². The van der Waals surface area contributed by atoms with Gasteiger partial charge in [0.15, 0.2) is 0 Å². The van der Waals surface area contributed by atoms with Crippen LogP contribution in [0.2, 0.25) is 0 Å². The molecular formula is C16H17BrO6. The van der Waals surface area contributed by atoms with Crippen LogP contribution in [-0.2, 0) is 4.74 Å². The van der Waals surface area contributed by atoms with Crippen molar-refractivity contribution in [3.05, 3.63) is 40.9 Å². The van der Waals surface area contributed by atoms with E-state index < -0.39 is 37.3 Å². The van der Waals surface area contributed by atoms with E-state index in [2.05, 4.69) is 15.9 Å². The second-order valence-electron chi connectivity index (χ2n) is 5.47.